The van der Waals surface area contributed by atoms with Crippen molar-refractivity contribution in [3.63, 3.8) is 0 Å². The highest BCUT2D eigenvalue weighted by Crippen LogP contribution is 2.29. The number of rotatable bonds is 2. The van der Waals surface area contributed by atoms with Crippen LogP contribution in [0.5, 0.6) is 0 Å². The van der Waals surface area contributed by atoms with Gasteiger partial charge in [-0.2, -0.15) is 0 Å². The molecule has 1 atom stereocenters. The first-order valence-corrected chi connectivity index (χ1v) is 6.42. The van der Waals surface area contributed by atoms with E-state index in [2.05, 4.69) is 9.97 Å². The van der Waals surface area contributed by atoms with Gasteiger partial charge in [-0.25, -0.2) is 14.8 Å². The summed E-state index contributed by atoms with van der Waals surface area (Å²) in [5, 5.41) is 19.9. The highest BCUT2D eigenvalue weighted by atomic mass is 16.4. The van der Waals surface area contributed by atoms with Crippen LogP contribution in [0.3, 0.4) is 0 Å². The zero-order valence-electron chi connectivity index (χ0n) is 11.1. The van der Waals surface area contributed by atoms with E-state index in [1.807, 2.05) is 4.90 Å². The average molecular weight is 273 g/mol. The molecule has 0 aliphatic carbocycles. The predicted octanol–water partition coefficient (Wildman–Crippen LogP) is 1.29. The smallest absolute Gasteiger partial charge is 0.335 e. The normalized spacial score (nSPS) is 22.4. The van der Waals surface area contributed by atoms with Crippen LogP contribution >= 0.6 is 0 Å². The van der Waals surface area contributed by atoms with E-state index in [-0.39, 0.29) is 5.56 Å². The molecule has 0 bridgehead atoms. The molecule has 1 aromatic carbocycles. The highest BCUT2D eigenvalue weighted by molar-refractivity contribution is 5.96. The van der Waals surface area contributed by atoms with Gasteiger partial charge in [0.25, 0.3) is 0 Å². The topological polar surface area (TPSA) is 86.5 Å². The Labute approximate surface area is 115 Å². The molecule has 2 aromatic rings. The molecule has 1 aromatic heterocycles. The number of aromatic nitrogens is 2. The number of aliphatic hydroxyl groups is 1. The molecule has 20 heavy (non-hydrogen) atoms. The largest absolute Gasteiger partial charge is 0.478 e. The Morgan fingerprint density at radius 1 is 1.40 bits per heavy atom. The standard InChI is InChI=1S/C14H15N3O3/c1-14(20)4-5-17(7-14)12-10-3-2-9(13(18)19)6-11(10)15-8-16-12/h2-3,6,8,20H,4-5,7H2,1H3,(H,18,19). The van der Waals surface area contributed by atoms with Crippen LogP contribution in [0, 0.1) is 0 Å². The predicted molar refractivity (Wildman–Crippen MR) is 74.0 cm³/mol. The van der Waals surface area contributed by atoms with Crippen LogP contribution < -0.4 is 4.90 Å². The zero-order chi connectivity index (χ0) is 14.3. The summed E-state index contributed by atoms with van der Waals surface area (Å²) < 4.78 is 0. The van der Waals surface area contributed by atoms with Crippen molar-refractivity contribution >= 4 is 22.7 Å². The van der Waals surface area contributed by atoms with Crippen LogP contribution in [-0.4, -0.2) is 44.8 Å². The second-order valence-electron chi connectivity index (χ2n) is 5.40. The number of anilines is 1. The van der Waals surface area contributed by atoms with Crippen LogP contribution in [0.25, 0.3) is 10.9 Å². The molecule has 0 amide bonds. The first-order valence-electron chi connectivity index (χ1n) is 6.42. The second kappa shape index (κ2) is 4.42. The average Bonchev–Trinajstić information content (AvgIpc) is 2.77. The molecule has 0 saturated carbocycles. The van der Waals surface area contributed by atoms with E-state index < -0.39 is 11.6 Å². The van der Waals surface area contributed by atoms with E-state index >= 15 is 0 Å². The third-order valence-corrected chi connectivity index (χ3v) is 3.61. The summed E-state index contributed by atoms with van der Waals surface area (Å²) in [5.41, 5.74) is 0.0927. The molecule has 1 unspecified atom stereocenters. The Balaban J connectivity index is 2.06. The Morgan fingerprint density at radius 2 is 2.20 bits per heavy atom. The molecule has 0 spiro atoms. The molecular formula is C14H15N3O3. The Bertz CT molecular complexity index is 684. The van der Waals surface area contributed by atoms with Crippen LogP contribution in [0.2, 0.25) is 0 Å². The van der Waals surface area contributed by atoms with Gasteiger partial charge in [0.2, 0.25) is 0 Å². The fraction of sp³-hybridized carbons (Fsp3) is 0.357. The minimum absolute atomic E-state index is 0.204. The third kappa shape index (κ3) is 2.18. The van der Waals surface area contributed by atoms with Gasteiger partial charge in [0.1, 0.15) is 12.1 Å². The number of aromatic carboxylic acids is 1. The number of carboxylic acids is 1. The Hall–Kier alpha value is -2.21. The Kier molecular flexibility index (Phi) is 2.83. The lowest BCUT2D eigenvalue weighted by atomic mass is 10.1. The van der Waals surface area contributed by atoms with E-state index in [9.17, 15) is 9.90 Å². The van der Waals surface area contributed by atoms with Crippen LogP contribution in [0.4, 0.5) is 5.82 Å². The van der Waals surface area contributed by atoms with Gasteiger partial charge in [-0.3, -0.25) is 0 Å². The summed E-state index contributed by atoms with van der Waals surface area (Å²) in [4.78, 5) is 21.4. The summed E-state index contributed by atoms with van der Waals surface area (Å²) in [6.07, 6.45) is 2.11. The van der Waals surface area contributed by atoms with E-state index in [4.69, 9.17) is 5.11 Å². The lowest BCUT2D eigenvalue weighted by Crippen LogP contribution is -2.30. The first-order chi connectivity index (χ1) is 9.46. The maximum Gasteiger partial charge on any atom is 0.335 e. The Morgan fingerprint density at radius 3 is 2.85 bits per heavy atom. The summed E-state index contributed by atoms with van der Waals surface area (Å²) in [6, 6.07) is 4.81. The number of carbonyl (C=O) groups is 1. The van der Waals surface area contributed by atoms with Crippen LogP contribution in [0.15, 0.2) is 24.5 Å². The SMILES string of the molecule is CC1(O)CCN(c2ncnc3cc(C(=O)O)ccc23)C1. The molecule has 104 valence electrons. The number of nitrogens with zero attached hydrogens (tertiary/aromatic N) is 3. The van der Waals surface area contributed by atoms with Gasteiger partial charge in [-0.05, 0) is 31.5 Å². The van der Waals surface area contributed by atoms with E-state index in [1.54, 1.807) is 19.1 Å². The van der Waals surface area contributed by atoms with Gasteiger partial charge in [-0.1, -0.05) is 0 Å². The van der Waals surface area contributed by atoms with Crippen LogP contribution in [0.1, 0.15) is 23.7 Å². The van der Waals surface area contributed by atoms with Crippen molar-refractivity contribution in [2.24, 2.45) is 0 Å². The van der Waals surface area contributed by atoms with Crippen LogP contribution in [-0.2, 0) is 0 Å². The van der Waals surface area contributed by atoms with E-state index in [0.717, 1.165) is 17.7 Å². The van der Waals surface area contributed by atoms with Crippen molar-refractivity contribution in [3.05, 3.63) is 30.1 Å². The van der Waals surface area contributed by atoms with Gasteiger partial charge >= 0.3 is 5.97 Å². The summed E-state index contributed by atoms with van der Waals surface area (Å²) in [7, 11) is 0. The van der Waals surface area contributed by atoms with Gasteiger partial charge in [0, 0.05) is 18.5 Å². The van der Waals surface area contributed by atoms with E-state index in [0.29, 0.717) is 18.5 Å². The monoisotopic (exact) mass is 273 g/mol. The lowest BCUT2D eigenvalue weighted by molar-refractivity contribution is 0.0696. The van der Waals surface area contributed by atoms with Gasteiger partial charge in [0.15, 0.2) is 0 Å². The quantitative estimate of drug-likeness (QED) is 0.857. The minimum Gasteiger partial charge on any atom is -0.478 e. The molecule has 1 aliphatic heterocycles. The number of carboxylic acid groups (broad SMARTS) is 1. The summed E-state index contributed by atoms with van der Waals surface area (Å²) in [5.74, 6) is -0.235. The molecule has 1 saturated heterocycles. The van der Waals surface area contributed by atoms with Crippen molar-refractivity contribution in [2.45, 2.75) is 18.9 Å². The number of fused-ring (bicyclic) bond motifs is 1. The highest BCUT2D eigenvalue weighted by Gasteiger charge is 2.32. The molecular weight excluding hydrogens is 258 g/mol. The van der Waals surface area contributed by atoms with E-state index in [1.165, 1.54) is 12.4 Å². The number of hydrogen-bond acceptors (Lipinski definition) is 5. The molecule has 0 radical (unpaired) electrons. The maximum absolute atomic E-state index is 11.0. The first kappa shape index (κ1) is 12.8. The van der Waals surface area contributed by atoms with Crippen molar-refractivity contribution < 1.29 is 15.0 Å². The molecule has 6 nitrogen and oxygen atoms in total. The lowest BCUT2D eigenvalue weighted by Gasteiger charge is -2.20. The second-order valence-corrected chi connectivity index (χ2v) is 5.40. The molecule has 1 aliphatic rings. The van der Waals surface area contributed by atoms with Crippen molar-refractivity contribution in [2.75, 3.05) is 18.0 Å². The van der Waals surface area contributed by atoms with Gasteiger partial charge in [-0.15, -0.1) is 0 Å². The van der Waals surface area contributed by atoms with Crippen molar-refractivity contribution in [3.8, 4) is 0 Å². The third-order valence-electron chi connectivity index (χ3n) is 3.61. The zero-order valence-corrected chi connectivity index (χ0v) is 11.1. The maximum atomic E-state index is 11.0. The number of hydrogen-bond donors (Lipinski definition) is 2. The minimum atomic E-state index is -0.976. The summed E-state index contributed by atoms with van der Waals surface area (Å²) in [6.45, 7) is 3.04. The van der Waals surface area contributed by atoms with Gasteiger partial charge in [0.05, 0.1) is 16.7 Å². The molecule has 2 heterocycles. The number of β-amino-alcohol motifs (C(OH)–C–C–N with tert-alkyl or cyclic N) is 1. The fourth-order valence-corrected chi connectivity index (χ4v) is 2.55. The van der Waals surface area contributed by atoms with Crippen molar-refractivity contribution in [1.82, 2.24) is 9.97 Å². The molecule has 2 N–H and O–H groups in total. The number of benzene rings is 1. The molecule has 6 heteroatoms. The fourth-order valence-electron chi connectivity index (χ4n) is 2.55. The molecule has 1 fully saturated rings. The van der Waals surface area contributed by atoms with Gasteiger partial charge < -0.3 is 15.1 Å². The molecule has 3 rings (SSSR count). The van der Waals surface area contributed by atoms with Crippen molar-refractivity contribution in [1.29, 1.82) is 0 Å². The summed E-state index contributed by atoms with van der Waals surface area (Å²) >= 11 is 0.